The minimum atomic E-state index is -4.16. The fourth-order valence-corrected chi connectivity index (χ4v) is 6.78. The number of nitrogens with zero attached hydrogens (tertiary/aromatic N) is 2. The van der Waals surface area contributed by atoms with Crippen molar-refractivity contribution in [3.05, 3.63) is 94.0 Å². The highest BCUT2D eigenvalue weighted by Gasteiger charge is 2.34. The van der Waals surface area contributed by atoms with Gasteiger partial charge in [-0.3, -0.25) is 13.9 Å². The van der Waals surface area contributed by atoms with Crippen molar-refractivity contribution in [1.29, 1.82) is 0 Å². The first kappa shape index (κ1) is 30.9. The van der Waals surface area contributed by atoms with E-state index in [1.54, 1.807) is 42.5 Å². The maximum absolute atomic E-state index is 14.1. The summed E-state index contributed by atoms with van der Waals surface area (Å²) < 4.78 is 29.0. The van der Waals surface area contributed by atoms with Crippen LogP contribution in [0.1, 0.15) is 50.2 Å². The molecule has 1 atom stereocenters. The lowest BCUT2D eigenvalue weighted by Crippen LogP contribution is -2.53. The van der Waals surface area contributed by atoms with Crippen LogP contribution in [0.25, 0.3) is 0 Å². The van der Waals surface area contributed by atoms with E-state index in [0.29, 0.717) is 22.2 Å². The molecule has 218 valence electrons. The Bertz CT molecular complexity index is 1460. The molecule has 3 aromatic carbocycles. The summed E-state index contributed by atoms with van der Waals surface area (Å²) in [6.45, 7) is 3.33. The van der Waals surface area contributed by atoms with Gasteiger partial charge in [0, 0.05) is 22.6 Å². The summed E-state index contributed by atoms with van der Waals surface area (Å²) in [7, 11) is -4.16. The largest absolute Gasteiger partial charge is 0.352 e. The van der Waals surface area contributed by atoms with Gasteiger partial charge in [0.25, 0.3) is 10.0 Å². The molecule has 3 aromatic rings. The van der Waals surface area contributed by atoms with Crippen molar-refractivity contribution < 1.29 is 18.0 Å². The van der Waals surface area contributed by atoms with Crippen molar-refractivity contribution in [1.82, 2.24) is 10.2 Å². The molecular weight excluding hydrogens is 581 g/mol. The van der Waals surface area contributed by atoms with Crippen LogP contribution in [0.15, 0.2) is 77.7 Å². The summed E-state index contributed by atoms with van der Waals surface area (Å²) in [5, 5.41) is 4.07. The molecule has 7 nitrogen and oxygen atoms in total. The zero-order valence-electron chi connectivity index (χ0n) is 23.2. The van der Waals surface area contributed by atoms with Crippen LogP contribution in [0.5, 0.6) is 0 Å². The monoisotopic (exact) mass is 615 g/mol. The SMILES string of the molecule is CC[C@@H](C(=O)NC1CCCC1)N(Cc1ccc(Cl)cc1)C(=O)CN(c1cccc(C)c1)S(=O)(=O)c1ccc(Cl)cc1. The molecule has 0 aromatic heterocycles. The highest BCUT2D eigenvalue weighted by atomic mass is 35.5. The lowest BCUT2D eigenvalue weighted by molar-refractivity contribution is -0.140. The molecule has 0 aliphatic heterocycles. The standard InChI is InChI=1S/C31H35Cl2N3O4S/c1-3-29(31(38)34-26-8-4-5-9-26)35(20-23-11-13-24(32)14-12-23)30(37)21-36(27-10-6-7-22(2)19-27)41(39,40)28-17-15-25(33)16-18-28/h6-7,10-19,26,29H,3-5,8-9,20-21H2,1-2H3,(H,34,38)/t29-/m0/s1. The number of amides is 2. The van der Waals surface area contributed by atoms with Crippen molar-refractivity contribution in [3.8, 4) is 0 Å². The van der Waals surface area contributed by atoms with Crippen molar-refractivity contribution >= 4 is 50.7 Å². The molecule has 1 aliphatic carbocycles. The van der Waals surface area contributed by atoms with E-state index in [9.17, 15) is 18.0 Å². The maximum atomic E-state index is 14.1. The number of halogens is 2. The van der Waals surface area contributed by atoms with Crippen molar-refractivity contribution in [3.63, 3.8) is 0 Å². The Hall–Kier alpha value is -3.07. The number of sulfonamides is 1. The molecule has 4 rings (SSSR count). The first-order chi connectivity index (χ1) is 19.6. The van der Waals surface area contributed by atoms with Crippen LogP contribution in [0.3, 0.4) is 0 Å². The molecule has 0 spiro atoms. The minimum Gasteiger partial charge on any atom is -0.352 e. The number of hydrogen-bond donors (Lipinski definition) is 1. The van der Waals surface area contributed by atoms with E-state index in [0.717, 1.165) is 41.1 Å². The number of carbonyl (C=O) groups is 2. The third kappa shape index (κ3) is 7.82. The van der Waals surface area contributed by atoms with Gasteiger partial charge in [0.05, 0.1) is 10.6 Å². The molecule has 0 radical (unpaired) electrons. The normalized spacial score (nSPS) is 14.4. The summed E-state index contributed by atoms with van der Waals surface area (Å²) in [6.07, 6.45) is 4.31. The summed E-state index contributed by atoms with van der Waals surface area (Å²) >= 11 is 12.1. The van der Waals surface area contributed by atoms with Crippen LogP contribution in [-0.4, -0.2) is 43.8 Å². The van der Waals surface area contributed by atoms with Crippen LogP contribution < -0.4 is 9.62 Å². The van der Waals surface area contributed by atoms with Gasteiger partial charge in [-0.15, -0.1) is 0 Å². The van der Waals surface area contributed by atoms with Gasteiger partial charge in [0.1, 0.15) is 12.6 Å². The van der Waals surface area contributed by atoms with Gasteiger partial charge in [-0.25, -0.2) is 8.42 Å². The maximum Gasteiger partial charge on any atom is 0.264 e. The minimum absolute atomic E-state index is 0.00600. The van der Waals surface area contributed by atoms with E-state index in [-0.39, 0.29) is 23.4 Å². The zero-order valence-corrected chi connectivity index (χ0v) is 25.6. The second-order valence-corrected chi connectivity index (χ2v) is 13.1. The van der Waals surface area contributed by atoms with E-state index in [1.165, 1.54) is 29.2 Å². The van der Waals surface area contributed by atoms with Gasteiger partial charge < -0.3 is 10.2 Å². The molecule has 1 aliphatic rings. The van der Waals surface area contributed by atoms with Crippen LogP contribution in [0.4, 0.5) is 5.69 Å². The number of benzene rings is 3. The molecule has 41 heavy (non-hydrogen) atoms. The summed E-state index contributed by atoms with van der Waals surface area (Å²) in [4.78, 5) is 29.1. The predicted octanol–water partition coefficient (Wildman–Crippen LogP) is 6.36. The number of nitrogens with one attached hydrogen (secondary N) is 1. The highest BCUT2D eigenvalue weighted by molar-refractivity contribution is 7.92. The number of aryl methyl sites for hydroxylation is 1. The van der Waals surface area contributed by atoms with Crippen molar-refractivity contribution in [2.45, 2.75) is 69.5 Å². The van der Waals surface area contributed by atoms with Gasteiger partial charge >= 0.3 is 0 Å². The Kier molecular flexibility index (Phi) is 10.3. The van der Waals surface area contributed by atoms with Gasteiger partial charge in [0.15, 0.2) is 0 Å². The summed E-state index contributed by atoms with van der Waals surface area (Å²) in [5.74, 6) is -0.725. The predicted molar refractivity (Wildman–Crippen MR) is 164 cm³/mol. The quantitative estimate of drug-likeness (QED) is 0.272. The van der Waals surface area contributed by atoms with Gasteiger partial charge in [-0.05, 0) is 85.8 Å². The van der Waals surface area contributed by atoms with Gasteiger partial charge in [-0.1, -0.05) is 67.2 Å². The zero-order chi connectivity index (χ0) is 29.6. The molecule has 0 unspecified atom stereocenters. The van der Waals surface area contributed by atoms with Crippen molar-refractivity contribution in [2.75, 3.05) is 10.8 Å². The highest BCUT2D eigenvalue weighted by Crippen LogP contribution is 2.27. The Morgan fingerprint density at radius 3 is 2.15 bits per heavy atom. The Morgan fingerprint density at radius 1 is 0.951 bits per heavy atom. The summed E-state index contributed by atoms with van der Waals surface area (Å²) in [6, 6.07) is 19.1. The molecule has 1 N–H and O–H groups in total. The van der Waals surface area contributed by atoms with Crippen LogP contribution in [0, 0.1) is 6.92 Å². The number of anilines is 1. The molecular formula is C31H35Cl2N3O4S. The first-order valence-corrected chi connectivity index (χ1v) is 16.0. The molecule has 10 heteroatoms. The number of carbonyl (C=O) groups excluding carboxylic acids is 2. The fraction of sp³-hybridized carbons (Fsp3) is 0.355. The third-order valence-electron chi connectivity index (χ3n) is 7.32. The average Bonchev–Trinajstić information content (AvgIpc) is 3.45. The van der Waals surface area contributed by atoms with Crippen molar-refractivity contribution in [2.24, 2.45) is 0 Å². The molecule has 1 fully saturated rings. The Morgan fingerprint density at radius 2 is 1.56 bits per heavy atom. The van der Waals surface area contributed by atoms with Crippen LogP contribution in [-0.2, 0) is 26.2 Å². The van der Waals surface area contributed by atoms with E-state index >= 15 is 0 Å². The van der Waals surface area contributed by atoms with E-state index in [2.05, 4.69) is 5.32 Å². The second-order valence-electron chi connectivity index (χ2n) is 10.4. The third-order valence-corrected chi connectivity index (χ3v) is 9.62. The van der Waals surface area contributed by atoms with Gasteiger partial charge in [0.2, 0.25) is 11.8 Å². The molecule has 0 saturated heterocycles. The van der Waals surface area contributed by atoms with E-state index < -0.39 is 28.5 Å². The molecule has 1 saturated carbocycles. The summed E-state index contributed by atoms with van der Waals surface area (Å²) in [5.41, 5.74) is 1.97. The fourth-order valence-electron chi connectivity index (χ4n) is 5.12. The molecule has 0 bridgehead atoms. The lowest BCUT2D eigenvalue weighted by atomic mass is 10.1. The van der Waals surface area contributed by atoms with Crippen LogP contribution >= 0.6 is 23.2 Å². The van der Waals surface area contributed by atoms with E-state index in [4.69, 9.17) is 23.2 Å². The smallest absolute Gasteiger partial charge is 0.264 e. The number of rotatable bonds is 11. The van der Waals surface area contributed by atoms with E-state index in [1.807, 2.05) is 19.9 Å². The molecule has 2 amide bonds. The lowest BCUT2D eigenvalue weighted by Gasteiger charge is -2.34. The average molecular weight is 617 g/mol. The van der Waals surface area contributed by atoms with Crippen LogP contribution in [0.2, 0.25) is 10.0 Å². The first-order valence-electron chi connectivity index (χ1n) is 13.8. The Balaban J connectivity index is 1.71. The van der Waals surface area contributed by atoms with Gasteiger partial charge in [-0.2, -0.15) is 0 Å². The Labute approximate surface area is 252 Å². The number of hydrogen-bond acceptors (Lipinski definition) is 4. The topological polar surface area (TPSA) is 86.8 Å². The molecule has 0 heterocycles. The second kappa shape index (κ2) is 13.7.